The molecule has 1 fully saturated rings. The second-order valence-electron chi connectivity index (χ2n) is 4.36. The van der Waals surface area contributed by atoms with Crippen molar-refractivity contribution in [1.82, 2.24) is 0 Å². The fourth-order valence-electron chi connectivity index (χ4n) is 1.79. The summed E-state index contributed by atoms with van der Waals surface area (Å²) in [5.41, 5.74) is 5.50. The molecule has 0 amide bonds. The smallest absolute Gasteiger partial charge is 0.373 e. The summed E-state index contributed by atoms with van der Waals surface area (Å²) < 4.78 is 42.8. The number of rotatable bonds is 3. The maximum atomic E-state index is 12.4. The van der Waals surface area contributed by atoms with E-state index in [1.165, 1.54) is 6.07 Å². The molecule has 0 bridgehead atoms. The minimum Gasteiger partial charge on any atom is -0.373 e. The molecule has 5 heteroatoms. The third-order valence-electron chi connectivity index (χ3n) is 2.87. The molecule has 0 unspecified atom stereocenters. The van der Waals surface area contributed by atoms with Gasteiger partial charge in [-0.2, -0.15) is 13.2 Å². The van der Waals surface area contributed by atoms with E-state index in [1.54, 1.807) is 6.07 Å². The number of benzene rings is 1. The number of nitrogens with two attached hydrogens (primary N) is 1. The summed E-state index contributed by atoms with van der Waals surface area (Å²) in [5.74, 6) is 0. The van der Waals surface area contributed by atoms with Crippen molar-refractivity contribution in [3.63, 3.8) is 0 Å². The Balaban J connectivity index is 1.92. The molecule has 0 spiro atoms. The molecule has 1 aliphatic carbocycles. The van der Waals surface area contributed by atoms with Gasteiger partial charge in [-0.1, -0.05) is 12.1 Å². The molecule has 2 nitrogen and oxygen atoms in total. The van der Waals surface area contributed by atoms with E-state index in [9.17, 15) is 13.2 Å². The fraction of sp³-hybridized carbons (Fsp3) is 0.500. The van der Waals surface area contributed by atoms with Gasteiger partial charge < -0.3 is 10.5 Å². The Morgan fingerprint density at radius 3 is 2.59 bits per heavy atom. The van der Waals surface area contributed by atoms with E-state index in [0.717, 1.165) is 25.0 Å². The van der Waals surface area contributed by atoms with Crippen LogP contribution in [0.2, 0.25) is 0 Å². The van der Waals surface area contributed by atoms with Gasteiger partial charge in [0.25, 0.3) is 0 Å². The van der Waals surface area contributed by atoms with Gasteiger partial charge in [-0.3, -0.25) is 0 Å². The summed E-state index contributed by atoms with van der Waals surface area (Å²) in [6, 6.07) is 5.39. The molecule has 0 aromatic heterocycles. The van der Waals surface area contributed by atoms with Gasteiger partial charge in [0.1, 0.15) is 0 Å². The summed E-state index contributed by atoms with van der Waals surface area (Å²) >= 11 is 0. The van der Waals surface area contributed by atoms with E-state index in [1.807, 2.05) is 0 Å². The minimum atomic E-state index is -4.30. The molecule has 0 aliphatic heterocycles. The molecule has 2 N–H and O–H groups in total. The number of ether oxygens (including phenoxy) is 1. The molecule has 1 aromatic rings. The Hall–Kier alpha value is -1.07. The second-order valence-corrected chi connectivity index (χ2v) is 4.36. The molecule has 0 radical (unpaired) electrons. The van der Waals surface area contributed by atoms with E-state index in [-0.39, 0.29) is 18.8 Å². The van der Waals surface area contributed by atoms with E-state index < -0.39 is 11.7 Å². The summed E-state index contributed by atoms with van der Waals surface area (Å²) in [6.45, 7) is 0.210. The molecule has 17 heavy (non-hydrogen) atoms. The molecular formula is C12H14F3NO. The first kappa shape index (κ1) is 12.4. The van der Waals surface area contributed by atoms with Crippen LogP contribution in [0.15, 0.2) is 24.3 Å². The van der Waals surface area contributed by atoms with Gasteiger partial charge in [-0.15, -0.1) is 0 Å². The molecule has 0 atom stereocenters. The van der Waals surface area contributed by atoms with Crippen molar-refractivity contribution in [2.45, 2.75) is 37.8 Å². The molecule has 0 saturated heterocycles. The van der Waals surface area contributed by atoms with E-state index in [0.29, 0.717) is 5.56 Å². The SMILES string of the molecule is NC1CC(OCc2cccc(C(F)(F)F)c2)C1. The summed E-state index contributed by atoms with van der Waals surface area (Å²) in [4.78, 5) is 0. The van der Waals surface area contributed by atoms with Gasteiger partial charge in [0.2, 0.25) is 0 Å². The van der Waals surface area contributed by atoms with Crippen LogP contribution in [0.3, 0.4) is 0 Å². The zero-order valence-corrected chi connectivity index (χ0v) is 9.20. The summed E-state index contributed by atoms with van der Waals surface area (Å²) in [7, 11) is 0. The van der Waals surface area contributed by atoms with Crippen LogP contribution < -0.4 is 5.73 Å². The van der Waals surface area contributed by atoms with E-state index >= 15 is 0 Å². The first-order valence-corrected chi connectivity index (χ1v) is 5.48. The lowest BCUT2D eigenvalue weighted by Gasteiger charge is -2.32. The standard InChI is InChI=1S/C12H14F3NO/c13-12(14,15)9-3-1-2-8(4-9)7-17-11-5-10(16)6-11/h1-4,10-11H,5-7,16H2. The Kier molecular flexibility index (Phi) is 3.40. The number of hydrogen-bond acceptors (Lipinski definition) is 2. The van der Waals surface area contributed by atoms with Crippen molar-refractivity contribution in [1.29, 1.82) is 0 Å². The first-order valence-electron chi connectivity index (χ1n) is 5.48. The second kappa shape index (κ2) is 4.66. The van der Waals surface area contributed by atoms with Gasteiger partial charge >= 0.3 is 6.18 Å². The maximum absolute atomic E-state index is 12.4. The monoisotopic (exact) mass is 245 g/mol. The normalized spacial score (nSPS) is 24.5. The largest absolute Gasteiger partial charge is 0.416 e. The predicted octanol–water partition coefficient (Wildman–Crippen LogP) is 2.71. The van der Waals surface area contributed by atoms with Crippen molar-refractivity contribution in [2.24, 2.45) is 5.73 Å². The zero-order chi connectivity index (χ0) is 12.5. The maximum Gasteiger partial charge on any atom is 0.416 e. The van der Waals surface area contributed by atoms with Crippen LogP contribution in [0.5, 0.6) is 0 Å². The summed E-state index contributed by atoms with van der Waals surface area (Å²) in [6.07, 6.45) is -2.62. The van der Waals surface area contributed by atoms with Gasteiger partial charge in [0.05, 0.1) is 18.3 Å². The van der Waals surface area contributed by atoms with E-state index in [2.05, 4.69) is 0 Å². The number of alkyl halides is 3. The highest BCUT2D eigenvalue weighted by molar-refractivity contribution is 5.25. The predicted molar refractivity (Wildman–Crippen MR) is 57.2 cm³/mol. The van der Waals surface area contributed by atoms with Crippen molar-refractivity contribution in [3.8, 4) is 0 Å². The zero-order valence-electron chi connectivity index (χ0n) is 9.20. The fourth-order valence-corrected chi connectivity index (χ4v) is 1.79. The third-order valence-corrected chi connectivity index (χ3v) is 2.87. The molecule has 2 rings (SSSR count). The van der Waals surface area contributed by atoms with Gasteiger partial charge in [0, 0.05) is 6.04 Å². The van der Waals surface area contributed by atoms with Crippen LogP contribution in [0.1, 0.15) is 24.0 Å². The van der Waals surface area contributed by atoms with Gasteiger partial charge in [-0.25, -0.2) is 0 Å². The Bertz CT molecular complexity index is 386. The topological polar surface area (TPSA) is 35.2 Å². The lowest BCUT2D eigenvalue weighted by Crippen LogP contribution is -2.41. The molecule has 94 valence electrons. The highest BCUT2D eigenvalue weighted by atomic mass is 19.4. The van der Waals surface area contributed by atoms with Crippen molar-refractivity contribution in [2.75, 3.05) is 0 Å². The Labute approximate surface area is 97.6 Å². The molecule has 1 saturated carbocycles. The average Bonchev–Trinajstić information content (AvgIpc) is 2.22. The van der Waals surface area contributed by atoms with Crippen LogP contribution in [0, 0.1) is 0 Å². The van der Waals surface area contributed by atoms with Crippen LogP contribution in [0.4, 0.5) is 13.2 Å². The average molecular weight is 245 g/mol. The van der Waals surface area contributed by atoms with Crippen LogP contribution in [0.25, 0.3) is 0 Å². The minimum absolute atomic E-state index is 0.0968. The molecular weight excluding hydrogens is 231 g/mol. The Morgan fingerprint density at radius 2 is 2.00 bits per heavy atom. The highest BCUT2D eigenvalue weighted by Crippen LogP contribution is 2.30. The summed E-state index contributed by atoms with van der Waals surface area (Å²) in [5, 5.41) is 0. The molecule has 1 aliphatic rings. The molecule has 0 heterocycles. The van der Waals surface area contributed by atoms with Crippen molar-refractivity contribution < 1.29 is 17.9 Å². The quantitative estimate of drug-likeness (QED) is 0.888. The Morgan fingerprint density at radius 1 is 1.29 bits per heavy atom. The van der Waals surface area contributed by atoms with Crippen LogP contribution in [-0.2, 0) is 17.5 Å². The van der Waals surface area contributed by atoms with Crippen LogP contribution >= 0.6 is 0 Å². The number of halogens is 3. The highest BCUT2D eigenvalue weighted by Gasteiger charge is 2.30. The number of hydrogen-bond donors (Lipinski definition) is 1. The lowest BCUT2D eigenvalue weighted by molar-refractivity contribution is -0.137. The van der Waals surface area contributed by atoms with Crippen molar-refractivity contribution >= 4 is 0 Å². The van der Waals surface area contributed by atoms with E-state index in [4.69, 9.17) is 10.5 Å². The van der Waals surface area contributed by atoms with Crippen LogP contribution in [-0.4, -0.2) is 12.1 Å². The van der Waals surface area contributed by atoms with Crippen molar-refractivity contribution in [3.05, 3.63) is 35.4 Å². The molecule has 1 aromatic carbocycles. The lowest BCUT2D eigenvalue weighted by atomic mass is 9.90. The van der Waals surface area contributed by atoms with Gasteiger partial charge in [-0.05, 0) is 30.5 Å². The van der Waals surface area contributed by atoms with Gasteiger partial charge in [0.15, 0.2) is 0 Å². The third kappa shape index (κ3) is 3.20. The first-order chi connectivity index (χ1) is 7.95.